The van der Waals surface area contributed by atoms with Crippen molar-refractivity contribution >= 4 is 5.97 Å². The molecule has 6 heteroatoms. The van der Waals surface area contributed by atoms with Crippen molar-refractivity contribution in [1.29, 1.82) is 5.26 Å². The third-order valence-corrected chi connectivity index (χ3v) is 3.68. The van der Waals surface area contributed by atoms with Gasteiger partial charge in [0.15, 0.2) is 0 Å². The molecule has 1 N–H and O–H groups in total. The second-order valence-electron chi connectivity index (χ2n) is 5.38. The lowest BCUT2D eigenvalue weighted by Gasteiger charge is -2.08. The van der Waals surface area contributed by atoms with Crippen molar-refractivity contribution < 1.29 is 19.0 Å². The smallest absolute Gasteiger partial charge is 0.353 e. The van der Waals surface area contributed by atoms with Crippen molar-refractivity contribution in [3.05, 3.63) is 71.8 Å². The first-order valence-electron chi connectivity index (χ1n) is 7.36. The van der Waals surface area contributed by atoms with E-state index in [-0.39, 0.29) is 11.3 Å². The molecule has 2 aromatic carbocycles. The lowest BCUT2D eigenvalue weighted by atomic mass is 10.0. The van der Waals surface area contributed by atoms with Crippen LogP contribution in [0.2, 0.25) is 0 Å². The van der Waals surface area contributed by atoms with Crippen LogP contribution in [0, 0.1) is 17.1 Å². The van der Waals surface area contributed by atoms with Gasteiger partial charge in [-0.05, 0) is 29.8 Å². The molecule has 3 rings (SSSR count). The Morgan fingerprint density at radius 1 is 1.20 bits per heavy atom. The maximum absolute atomic E-state index is 13.2. The number of ether oxygens (including phenoxy) is 1. The van der Waals surface area contributed by atoms with Crippen molar-refractivity contribution in [2.24, 2.45) is 7.05 Å². The Bertz CT molecular complexity index is 985. The Kier molecular flexibility index (Phi) is 4.23. The topological polar surface area (TPSA) is 75.2 Å². The van der Waals surface area contributed by atoms with E-state index < -0.39 is 11.8 Å². The van der Waals surface area contributed by atoms with Crippen molar-refractivity contribution in [1.82, 2.24) is 4.57 Å². The van der Waals surface area contributed by atoms with Crippen LogP contribution < -0.4 is 4.74 Å². The van der Waals surface area contributed by atoms with Crippen LogP contribution in [0.4, 0.5) is 4.39 Å². The molecule has 0 amide bonds. The summed E-state index contributed by atoms with van der Waals surface area (Å²) in [6.07, 6.45) is 1.48. The van der Waals surface area contributed by atoms with E-state index in [2.05, 4.69) is 0 Å². The van der Waals surface area contributed by atoms with Crippen molar-refractivity contribution in [3.63, 3.8) is 0 Å². The van der Waals surface area contributed by atoms with E-state index in [4.69, 9.17) is 4.74 Å². The number of halogens is 1. The normalized spacial score (nSPS) is 10.3. The summed E-state index contributed by atoms with van der Waals surface area (Å²) in [5, 5.41) is 18.7. The van der Waals surface area contributed by atoms with Gasteiger partial charge in [-0.25, -0.2) is 9.18 Å². The Morgan fingerprint density at radius 2 is 1.92 bits per heavy atom. The highest BCUT2D eigenvalue weighted by Crippen LogP contribution is 2.31. The monoisotopic (exact) mass is 336 g/mol. The van der Waals surface area contributed by atoms with Crippen LogP contribution in [-0.2, 0) is 7.05 Å². The Hall–Kier alpha value is -3.59. The zero-order chi connectivity index (χ0) is 18.0. The minimum Gasteiger partial charge on any atom is -0.477 e. The van der Waals surface area contributed by atoms with Gasteiger partial charge in [0.1, 0.15) is 29.1 Å². The van der Waals surface area contributed by atoms with Crippen LogP contribution in [0.3, 0.4) is 0 Å². The molecule has 0 bridgehead atoms. The molecule has 0 aliphatic carbocycles. The maximum atomic E-state index is 13.2. The van der Waals surface area contributed by atoms with Crippen LogP contribution in [0.5, 0.6) is 11.5 Å². The van der Waals surface area contributed by atoms with Crippen molar-refractivity contribution in [2.75, 3.05) is 0 Å². The van der Waals surface area contributed by atoms with E-state index in [0.29, 0.717) is 22.6 Å². The fraction of sp³-hybridized carbons (Fsp3) is 0.0526. The number of carbonyl (C=O) groups is 1. The standard InChI is InChI=1S/C19H13FN2O3/c1-22-11-13(10-21)17(18(22)19(23)24)12-5-7-15(8-6-12)25-16-4-2-3-14(20)9-16/h2-9,11H,1H3,(H,23,24). The van der Waals surface area contributed by atoms with Crippen molar-refractivity contribution in [2.45, 2.75) is 0 Å². The summed E-state index contributed by atoms with van der Waals surface area (Å²) >= 11 is 0. The molecular weight excluding hydrogens is 323 g/mol. The Morgan fingerprint density at radius 3 is 2.52 bits per heavy atom. The summed E-state index contributed by atoms with van der Waals surface area (Å²) in [6, 6.07) is 14.4. The van der Waals surface area contributed by atoms with Gasteiger partial charge in [-0.3, -0.25) is 0 Å². The zero-order valence-electron chi connectivity index (χ0n) is 13.2. The summed E-state index contributed by atoms with van der Waals surface area (Å²) in [5.41, 5.74) is 1.25. The first-order chi connectivity index (χ1) is 12.0. The molecule has 124 valence electrons. The molecule has 0 saturated heterocycles. The predicted molar refractivity (Wildman–Crippen MR) is 89.0 cm³/mol. The molecule has 0 unspecified atom stereocenters. The average molecular weight is 336 g/mol. The molecule has 0 saturated carbocycles. The van der Waals surface area contributed by atoms with Crippen LogP contribution in [0.1, 0.15) is 16.1 Å². The highest BCUT2D eigenvalue weighted by atomic mass is 19.1. The molecule has 0 aliphatic heterocycles. The van der Waals surface area contributed by atoms with Gasteiger partial charge in [0.25, 0.3) is 0 Å². The Labute approximate surface area is 143 Å². The molecule has 1 aromatic heterocycles. The zero-order valence-corrected chi connectivity index (χ0v) is 13.2. The minimum atomic E-state index is -1.11. The van der Waals surface area contributed by atoms with Gasteiger partial charge < -0.3 is 14.4 Å². The molecule has 25 heavy (non-hydrogen) atoms. The lowest BCUT2D eigenvalue weighted by Crippen LogP contribution is -2.05. The van der Waals surface area contributed by atoms with Crippen molar-refractivity contribution in [3.8, 4) is 28.7 Å². The number of hydrogen-bond donors (Lipinski definition) is 1. The van der Waals surface area contributed by atoms with Crippen LogP contribution >= 0.6 is 0 Å². The molecular formula is C19H13FN2O3. The lowest BCUT2D eigenvalue weighted by molar-refractivity contribution is 0.0687. The summed E-state index contributed by atoms with van der Waals surface area (Å²) in [5.74, 6) is -0.681. The number of benzene rings is 2. The average Bonchev–Trinajstić information content (AvgIpc) is 2.92. The highest BCUT2D eigenvalue weighted by Gasteiger charge is 2.21. The largest absolute Gasteiger partial charge is 0.477 e. The summed E-state index contributed by atoms with van der Waals surface area (Å²) in [4.78, 5) is 11.5. The molecule has 0 spiro atoms. The highest BCUT2D eigenvalue weighted by molar-refractivity contribution is 5.96. The molecule has 0 atom stereocenters. The predicted octanol–water partition coefficient (Wildman–Crippen LogP) is 4.19. The fourth-order valence-corrected chi connectivity index (χ4v) is 2.62. The number of nitriles is 1. The number of aromatic carboxylic acids is 1. The van der Waals surface area contributed by atoms with Gasteiger partial charge in [0, 0.05) is 24.9 Å². The molecule has 0 aliphatic rings. The first kappa shape index (κ1) is 16.3. The van der Waals surface area contributed by atoms with Gasteiger partial charge in [-0.1, -0.05) is 18.2 Å². The van der Waals surface area contributed by atoms with E-state index in [1.807, 2.05) is 6.07 Å². The molecule has 0 fully saturated rings. The number of carboxylic acid groups (broad SMARTS) is 1. The van der Waals surface area contributed by atoms with Gasteiger partial charge >= 0.3 is 5.97 Å². The summed E-state index contributed by atoms with van der Waals surface area (Å²) in [6.45, 7) is 0. The minimum absolute atomic E-state index is 0.0374. The first-order valence-corrected chi connectivity index (χ1v) is 7.36. The molecule has 3 aromatic rings. The number of aromatic nitrogens is 1. The van der Waals surface area contributed by atoms with E-state index in [1.165, 1.54) is 22.9 Å². The van der Waals surface area contributed by atoms with Gasteiger partial charge in [-0.2, -0.15) is 5.26 Å². The number of carboxylic acids is 1. The van der Waals surface area contributed by atoms with Crippen LogP contribution in [-0.4, -0.2) is 15.6 Å². The van der Waals surface area contributed by atoms with E-state index in [9.17, 15) is 19.6 Å². The van der Waals surface area contributed by atoms with E-state index in [1.54, 1.807) is 43.4 Å². The third-order valence-electron chi connectivity index (χ3n) is 3.68. The van der Waals surface area contributed by atoms with Gasteiger partial charge in [0.05, 0.1) is 5.56 Å². The number of rotatable bonds is 4. The van der Waals surface area contributed by atoms with Gasteiger partial charge in [0.2, 0.25) is 0 Å². The molecule has 5 nitrogen and oxygen atoms in total. The quantitative estimate of drug-likeness (QED) is 0.775. The number of aryl methyl sites for hydroxylation is 1. The number of nitrogens with zero attached hydrogens (tertiary/aromatic N) is 2. The second-order valence-corrected chi connectivity index (χ2v) is 5.38. The third kappa shape index (κ3) is 3.21. The fourth-order valence-electron chi connectivity index (χ4n) is 2.62. The van der Waals surface area contributed by atoms with E-state index >= 15 is 0 Å². The Balaban J connectivity index is 1.96. The van der Waals surface area contributed by atoms with Crippen LogP contribution in [0.25, 0.3) is 11.1 Å². The van der Waals surface area contributed by atoms with E-state index in [0.717, 1.165) is 0 Å². The maximum Gasteiger partial charge on any atom is 0.353 e. The second kappa shape index (κ2) is 6.49. The summed E-state index contributed by atoms with van der Waals surface area (Å²) < 4.78 is 20.2. The van der Waals surface area contributed by atoms with Gasteiger partial charge in [-0.15, -0.1) is 0 Å². The molecule has 0 radical (unpaired) electrons. The molecule has 1 heterocycles. The number of hydrogen-bond acceptors (Lipinski definition) is 3. The SMILES string of the molecule is Cn1cc(C#N)c(-c2ccc(Oc3cccc(F)c3)cc2)c1C(=O)O. The van der Waals surface area contributed by atoms with Crippen LogP contribution in [0.15, 0.2) is 54.7 Å². The summed E-state index contributed by atoms with van der Waals surface area (Å²) in [7, 11) is 1.58.